The number of aliphatic hydroxyl groups is 1. The molecule has 2 aliphatic rings. The lowest BCUT2D eigenvalue weighted by Crippen LogP contribution is -2.51. The van der Waals surface area contributed by atoms with Gasteiger partial charge in [0, 0.05) is 32.3 Å². The van der Waals surface area contributed by atoms with Crippen LogP contribution in [0, 0.1) is 11.8 Å². The molecule has 2 fully saturated rings. The van der Waals surface area contributed by atoms with Crippen LogP contribution in [-0.2, 0) is 0 Å². The first-order valence-corrected chi connectivity index (χ1v) is 7.88. The molecule has 2 unspecified atom stereocenters. The van der Waals surface area contributed by atoms with Crippen LogP contribution in [0.25, 0.3) is 0 Å². The number of piperidine rings is 1. The molecule has 2 atom stereocenters. The number of likely N-dealkylation sites (tertiary alicyclic amines) is 1. The predicted molar refractivity (Wildman–Crippen MR) is 75.7 cm³/mol. The Kier molecular flexibility index (Phi) is 5.93. The molecule has 18 heavy (non-hydrogen) atoms. The van der Waals surface area contributed by atoms with Crippen LogP contribution in [0.2, 0.25) is 0 Å². The fourth-order valence-electron chi connectivity index (χ4n) is 3.32. The molecule has 0 aromatic heterocycles. The zero-order valence-electron chi connectivity index (χ0n) is 11.9. The van der Waals surface area contributed by atoms with Gasteiger partial charge in [-0.15, -0.1) is 0 Å². The summed E-state index contributed by atoms with van der Waals surface area (Å²) in [5.74, 6) is 1.85. The minimum Gasteiger partial charge on any atom is -0.396 e. The molecule has 2 rings (SSSR count). The number of hydrogen-bond acceptors (Lipinski definition) is 3. The fourth-order valence-corrected chi connectivity index (χ4v) is 3.32. The third kappa shape index (κ3) is 4.22. The number of nitrogens with one attached hydrogen (secondary N) is 1. The maximum absolute atomic E-state index is 8.85. The number of nitrogens with zero attached hydrogens (tertiary/aromatic N) is 1. The fraction of sp³-hybridized carbons (Fsp3) is 1.00. The van der Waals surface area contributed by atoms with Crippen molar-refractivity contribution in [3.63, 3.8) is 0 Å². The lowest BCUT2D eigenvalue weighted by molar-refractivity contribution is 0.0998. The van der Waals surface area contributed by atoms with Crippen LogP contribution >= 0.6 is 0 Å². The quantitative estimate of drug-likeness (QED) is 0.681. The van der Waals surface area contributed by atoms with E-state index in [0.717, 1.165) is 24.8 Å². The Morgan fingerprint density at radius 2 is 2.06 bits per heavy atom. The molecule has 2 N–H and O–H groups in total. The normalized spacial score (nSPS) is 30.3. The standard InChI is InChI=1S/C15H30N2O/c1-2-13-9-15(16-7-4-8-18)12-17(10-13)11-14-5-3-6-14/h13-16,18H,2-12H2,1H3. The SMILES string of the molecule is CCC1CC(NCCCO)CN(CC2CCC2)C1. The second-order valence-electron chi connectivity index (χ2n) is 6.25. The molecule has 3 heteroatoms. The smallest absolute Gasteiger partial charge is 0.0443 e. The van der Waals surface area contributed by atoms with E-state index in [1.165, 1.54) is 51.7 Å². The molecular formula is C15H30N2O. The molecule has 0 aromatic rings. The Bertz CT molecular complexity index is 229. The third-order valence-corrected chi connectivity index (χ3v) is 4.70. The van der Waals surface area contributed by atoms with E-state index in [-0.39, 0.29) is 0 Å². The topological polar surface area (TPSA) is 35.5 Å². The molecule has 3 nitrogen and oxygen atoms in total. The Hall–Kier alpha value is -0.120. The van der Waals surface area contributed by atoms with Crippen molar-refractivity contribution >= 4 is 0 Å². The Morgan fingerprint density at radius 3 is 2.67 bits per heavy atom. The van der Waals surface area contributed by atoms with Gasteiger partial charge >= 0.3 is 0 Å². The van der Waals surface area contributed by atoms with Crippen molar-refractivity contribution in [2.75, 3.05) is 32.8 Å². The first kappa shape index (κ1) is 14.3. The molecular weight excluding hydrogens is 224 g/mol. The average Bonchev–Trinajstić information content (AvgIpc) is 2.34. The molecule has 0 amide bonds. The molecule has 106 valence electrons. The van der Waals surface area contributed by atoms with E-state index in [2.05, 4.69) is 17.1 Å². The van der Waals surface area contributed by atoms with E-state index >= 15 is 0 Å². The van der Waals surface area contributed by atoms with Crippen LogP contribution in [0.5, 0.6) is 0 Å². The van der Waals surface area contributed by atoms with Crippen LogP contribution in [0.3, 0.4) is 0 Å². The van der Waals surface area contributed by atoms with Gasteiger partial charge in [-0.25, -0.2) is 0 Å². The zero-order valence-corrected chi connectivity index (χ0v) is 11.9. The van der Waals surface area contributed by atoms with E-state index in [1.807, 2.05) is 0 Å². The molecule has 0 spiro atoms. The first-order chi connectivity index (χ1) is 8.81. The van der Waals surface area contributed by atoms with Crippen molar-refractivity contribution in [2.24, 2.45) is 11.8 Å². The zero-order chi connectivity index (χ0) is 12.8. The third-order valence-electron chi connectivity index (χ3n) is 4.70. The largest absolute Gasteiger partial charge is 0.396 e. The highest BCUT2D eigenvalue weighted by molar-refractivity contribution is 4.85. The highest BCUT2D eigenvalue weighted by atomic mass is 16.3. The van der Waals surface area contributed by atoms with E-state index in [9.17, 15) is 0 Å². The summed E-state index contributed by atoms with van der Waals surface area (Å²) in [5, 5.41) is 12.5. The van der Waals surface area contributed by atoms with Crippen molar-refractivity contribution in [3.8, 4) is 0 Å². The molecule has 0 bridgehead atoms. The summed E-state index contributed by atoms with van der Waals surface area (Å²) in [5.41, 5.74) is 0. The highest BCUT2D eigenvalue weighted by Crippen LogP contribution is 2.29. The van der Waals surface area contributed by atoms with Gasteiger partial charge in [-0.2, -0.15) is 0 Å². The molecule has 1 saturated heterocycles. The van der Waals surface area contributed by atoms with Gasteiger partial charge in [0.15, 0.2) is 0 Å². The van der Waals surface area contributed by atoms with Crippen LogP contribution in [-0.4, -0.2) is 48.8 Å². The summed E-state index contributed by atoms with van der Waals surface area (Å²) < 4.78 is 0. The Labute approximate surface area is 112 Å². The van der Waals surface area contributed by atoms with Gasteiger partial charge in [-0.3, -0.25) is 0 Å². The van der Waals surface area contributed by atoms with Gasteiger partial charge in [0.1, 0.15) is 0 Å². The summed E-state index contributed by atoms with van der Waals surface area (Å²) >= 11 is 0. The van der Waals surface area contributed by atoms with E-state index in [0.29, 0.717) is 12.6 Å². The van der Waals surface area contributed by atoms with Gasteiger partial charge < -0.3 is 15.3 Å². The number of hydrogen-bond donors (Lipinski definition) is 2. The Balaban J connectivity index is 1.75. The van der Waals surface area contributed by atoms with E-state index in [4.69, 9.17) is 5.11 Å². The lowest BCUT2D eigenvalue weighted by Gasteiger charge is -2.41. The van der Waals surface area contributed by atoms with Gasteiger partial charge in [0.05, 0.1) is 0 Å². The van der Waals surface area contributed by atoms with Gasteiger partial charge in [-0.1, -0.05) is 19.8 Å². The summed E-state index contributed by atoms with van der Waals surface area (Å²) in [6.45, 7) is 7.46. The van der Waals surface area contributed by atoms with Gasteiger partial charge in [-0.05, 0) is 44.1 Å². The van der Waals surface area contributed by atoms with Gasteiger partial charge in [0.25, 0.3) is 0 Å². The average molecular weight is 254 g/mol. The van der Waals surface area contributed by atoms with E-state index in [1.54, 1.807) is 0 Å². The lowest BCUT2D eigenvalue weighted by atomic mass is 9.83. The molecule has 0 aromatic carbocycles. The van der Waals surface area contributed by atoms with Crippen molar-refractivity contribution in [2.45, 2.75) is 51.5 Å². The maximum Gasteiger partial charge on any atom is 0.0443 e. The van der Waals surface area contributed by atoms with Crippen LogP contribution < -0.4 is 5.32 Å². The van der Waals surface area contributed by atoms with Crippen molar-refractivity contribution < 1.29 is 5.11 Å². The first-order valence-electron chi connectivity index (χ1n) is 7.88. The van der Waals surface area contributed by atoms with Crippen LogP contribution in [0.1, 0.15) is 45.4 Å². The van der Waals surface area contributed by atoms with Crippen LogP contribution in [0.4, 0.5) is 0 Å². The van der Waals surface area contributed by atoms with E-state index < -0.39 is 0 Å². The van der Waals surface area contributed by atoms with Crippen molar-refractivity contribution in [1.82, 2.24) is 10.2 Å². The molecule has 1 aliphatic heterocycles. The molecule has 1 aliphatic carbocycles. The number of aliphatic hydroxyl groups excluding tert-OH is 1. The second-order valence-corrected chi connectivity index (χ2v) is 6.25. The monoisotopic (exact) mass is 254 g/mol. The molecule has 1 saturated carbocycles. The minimum absolute atomic E-state index is 0.308. The summed E-state index contributed by atoms with van der Waals surface area (Å²) in [6, 6.07) is 0.648. The summed E-state index contributed by atoms with van der Waals surface area (Å²) in [4.78, 5) is 2.69. The van der Waals surface area contributed by atoms with Gasteiger partial charge in [0.2, 0.25) is 0 Å². The maximum atomic E-state index is 8.85. The van der Waals surface area contributed by atoms with Crippen molar-refractivity contribution in [1.29, 1.82) is 0 Å². The minimum atomic E-state index is 0.308. The molecule has 0 radical (unpaired) electrons. The number of rotatable bonds is 7. The van der Waals surface area contributed by atoms with Crippen molar-refractivity contribution in [3.05, 3.63) is 0 Å². The second kappa shape index (κ2) is 7.46. The highest BCUT2D eigenvalue weighted by Gasteiger charge is 2.28. The predicted octanol–water partition coefficient (Wildman–Crippen LogP) is 1.86. The van der Waals surface area contributed by atoms with Crippen LogP contribution in [0.15, 0.2) is 0 Å². The Morgan fingerprint density at radius 1 is 1.22 bits per heavy atom. The summed E-state index contributed by atoms with van der Waals surface area (Å²) in [6.07, 6.45) is 7.87. The molecule has 1 heterocycles. The summed E-state index contributed by atoms with van der Waals surface area (Å²) in [7, 11) is 0.